The monoisotopic (exact) mass is 349 g/mol. The third-order valence-corrected chi connectivity index (χ3v) is 4.63. The number of carboxylic acids is 1. The molecule has 128 valence electrons. The highest BCUT2D eigenvalue weighted by molar-refractivity contribution is 7.99. The third kappa shape index (κ3) is 4.79. The van der Waals surface area contributed by atoms with Gasteiger partial charge >= 0.3 is 5.97 Å². The maximum atomic E-state index is 11.9. The second kappa shape index (κ2) is 8.44. The molecule has 2 rings (SSSR count). The van der Waals surface area contributed by atoms with Crippen LogP contribution in [0.2, 0.25) is 0 Å². The molecule has 7 heteroatoms. The number of benzene rings is 1. The molecule has 1 unspecified atom stereocenters. The maximum absolute atomic E-state index is 11.9. The number of nitrogens with one attached hydrogen (secondary N) is 1. The number of aromatic carboxylic acids is 1. The maximum Gasteiger partial charge on any atom is 0.371 e. The number of para-hydroxylation sites is 1. The van der Waals surface area contributed by atoms with Crippen LogP contribution in [-0.2, 0) is 0 Å². The van der Waals surface area contributed by atoms with E-state index in [2.05, 4.69) is 5.32 Å². The number of furan rings is 1. The van der Waals surface area contributed by atoms with E-state index in [0.29, 0.717) is 6.54 Å². The first-order valence-corrected chi connectivity index (χ1v) is 8.37. The van der Waals surface area contributed by atoms with E-state index in [1.165, 1.54) is 12.1 Å². The summed E-state index contributed by atoms with van der Waals surface area (Å²) in [7, 11) is 1.64. The first-order chi connectivity index (χ1) is 11.5. The van der Waals surface area contributed by atoms with Gasteiger partial charge < -0.3 is 19.6 Å². The van der Waals surface area contributed by atoms with Gasteiger partial charge in [0.2, 0.25) is 5.76 Å². The lowest BCUT2D eigenvalue weighted by atomic mass is 10.2. The van der Waals surface area contributed by atoms with E-state index >= 15 is 0 Å². The molecule has 0 bridgehead atoms. The van der Waals surface area contributed by atoms with Crippen LogP contribution in [0.3, 0.4) is 0 Å². The standard InChI is InChI=1S/C17H19NO5S/c1-11(10-24-15-6-4-3-5-12(15)22-2)9-18-16(19)13-7-8-14(23-13)17(20)21/h3-8,11H,9-10H2,1-2H3,(H,18,19)(H,20,21). The molecule has 24 heavy (non-hydrogen) atoms. The van der Waals surface area contributed by atoms with Crippen molar-refractivity contribution in [1.82, 2.24) is 5.32 Å². The lowest BCUT2D eigenvalue weighted by molar-refractivity contribution is 0.0659. The van der Waals surface area contributed by atoms with Crippen LogP contribution in [0.1, 0.15) is 28.0 Å². The van der Waals surface area contributed by atoms with Crippen molar-refractivity contribution in [3.8, 4) is 5.75 Å². The Morgan fingerprint density at radius 2 is 1.96 bits per heavy atom. The van der Waals surface area contributed by atoms with Crippen LogP contribution in [0, 0.1) is 5.92 Å². The van der Waals surface area contributed by atoms with Crippen molar-refractivity contribution >= 4 is 23.6 Å². The highest BCUT2D eigenvalue weighted by atomic mass is 32.2. The lowest BCUT2D eigenvalue weighted by Gasteiger charge is -2.13. The molecular weight excluding hydrogens is 330 g/mol. The van der Waals surface area contributed by atoms with Crippen molar-refractivity contribution in [2.75, 3.05) is 19.4 Å². The minimum Gasteiger partial charge on any atom is -0.496 e. The average Bonchev–Trinajstić information content (AvgIpc) is 3.08. The Kier molecular flexibility index (Phi) is 6.31. The first-order valence-electron chi connectivity index (χ1n) is 7.38. The van der Waals surface area contributed by atoms with Crippen molar-refractivity contribution < 1.29 is 23.8 Å². The molecule has 1 heterocycles. The summed E-state index contributed by atoms with van der Waals surface area (Å²) in [5.41, 5.74) is 0. The molecule has 1 amide bonds. The van der Waals surface area contributed by atoms with E-state index in [0.717, 1.165) is 16.4 Å². The van der Waals surface area contributed by atoms with Crippen LogP contribution in [0.4, 0.5) is 0 Å². The Labute approximate surface area is 144 Å². The van der Waals surface area contributed by atoms with E-state index in [1.807, 2.05) is 31.2 Å². The van der Waals surface area contributed by atoms with Gasteiger partial charge in [0.05, 0.1) is 7.11 Å². The summed E-state index contributed by atoms with van der Waals surface area (Å²) in [5.74, 6) is -0.0170. The quantitative estimate of drug-likeness (QED) is 0.712. The van der Waals surface area contributed by atoms with E-state index in [4.69, 9.17) is 14.3 Å². The van der Waals surface area contributed by atoms with Crippen LogP contribution in [0.25, 0.3) is 0 Å². The number of thioether (sulfide) groups is 1. The second-order valence-corrected chi connectivity index (χ2v) is 6.31. The largest absolute Gasteiger partial charge is 0.496 e. The average molecular weight is 349 g/mol. The third-order valence-electron chi connectivity index (χ3n) is 3.24. The molecular formula is C17H19NO5S. The van der Waals surface area contributed by atoms with E-state index < -0.39 is 11.9 Å². The van der Waals surface area contributed by atoms with Gasteiger partial charge in [-0.15, -0.1) is 11.8 Å². The number of amides is 1. The normalized spacial score (nSPS) is 11.8. The molecule has 0 fully saturated rings. The van der Waals surface area contributed by atoms with Gasteiger partial charge in [-0.25, -0.2) is 4.79 Å². The number of carboxylic acid groups (broad SMARTS) is 1. The van der Waals surface area contributed by atoms with Gasteiger partial charge in [-0.05, 0) is 30.2 Å². The van der Waals surface area contributed by atoms with Crippen LogP contribution >= 0.6 is 11.8 Å². The minimum atomic E-state index is -1.20. The van der Waals surface area contributed by atoms with Crippen LogP contribution in [-0.4, -0.2) is 36.4 Å². The summed E-state index contributed by atoms with van der Waals surface area (Å²) < 4.78 is 10.3. The second-order valence-electron chi connectivity index (χ2n) is 5.25. The Morgan fingerprint density at radius 1 is 1.25 bits per heavy atom. The molecule has 6 nitrogen and oxygen atoms in total. The number of ether oxygens (including phenoxy) is 1. The van der Waals surface area contributed by atoms with Gasteiger partial charge in [0, 0.05) is 17.2 Å². The highest BCUT2D eigenvalue weighted by Crippen LogP contribution is 2.29. The molecule has 1 atom stereocenters. The summed E-state index contributed by atoms with van der Waals surface area (Å²) in [6, 6.07) is 10.4. The van der Waals surface area contributed by atoms with Crippen molar-refractivity contribution in [3.05, 3.63) is 47.9 Å². The smallest absolute Gasteiger partial charge is 0.371 e. The SMILES string of the molecule is COc1ccccc1SCC(C)CNC(=O)c1ccc(C(=O)O)o1. The van der Waals surface area contributed by atoms with Crippen molar-refractivity contribution in [2.45, 2.75) is 11.8 Å². The Morgan fingerprint density at radius 3 is 2.62 bits per heavy atom. The molecule has 1 aromatic heterocycles. The van der Waals surface area contributed by atoms with E-state index in [9.17, 15) is 9.59 Å². The first kappa shape index (κ1) is 17.9. The zero-order chi connectivity index (χ0) is 17.5. The van der Waals surface area contributed by atoms with Gasteiger partial charge in [-0.1, -0.05) is 19.1 Å². The number of rotatable bonds is 8. The number of hydrogen-bond donors (Lipinski definition) is 2. The highest BCUT2D eigenvalue weighted by Gasteiger charge is 2.15. The summed E-state index contributed by atoms with van der Waals surface area (Å²) in [4.78, 5) is 23.7. The van der Waals surface area contributed by atoms with Crippen molar-refractivity contribution in [1.29, 1.82) is 0 Å². The number of carbonyl (C=O) groups excluding carboxylic acids is 1. The predicted molar refractivity (Wildman–Crippen MR) is 90.9 cm³/mol. The fourth-order valence-electron chi connectivity index (χ4n) is 1.96. The molecule has 0 saturated heterocycles. The van der Waals surface area contributed by atoms with Crippen LogP contribution < -0.4 is 10.1 Å². The van der Waals surface area contributed by atoms with Gasteiger partial charge in [-0.2, -0.15) is 0 Å². The predicted octanol–water partition coefficient (Wildman–Crippen LogP) is 3.14. The molecule has 2 N–H and O–H groups in total. The summed E-state index contributed by atoms with van der Waals surface area (Å²) in [6.07, 6.45) is 0. The zero-order valence-corrected chi connectivity index (χ0v) is 14.3. The van der Waals surface area contributed by atoms with Gasteiger partial charge in [0.25, 0.3) is 5.91 Å². The molecule has 0 aliphatic carbocycles. The molecule has 2 aromatic rings. The van der Waals surface area contributed by atoms with Gasteiger partial charge in [-0.3, -0.25) is 4.79 Å². The molecule has 0 spiro atoms. The van der Waals surface area contributed by atoms with E-state index in [1.54, 1.807) is 18.9 Å². The molecule has 0 aliphatic heterocycles. The number of carbonyl (C=O) groups is 2. The fraction of sp³-hybridized carbons (Fsp3) is 0.294. The molecule has 0 radical (unpaired) electrons. The molecule has 1 aromatic carbocycles. The Balaban J connectivity index is 1.81. The van der Waals surface area contributed by atoms with Gasteiger partial charge in [0.1, 0.15) is 5.75 Å². The Hall–Kier alpha value is -2.41. The van der Waals surface area contributed by atoms with Crippen LogP contribution in [0.15, 0.2) is 45.7 Å². The van der Waals surface area contributed by atoms with Crippen molar-refractivity contribution in [3.63, 3.8) is 0 Å². The number of hydrogen-bond acceptors (Lipinski definition) is 5. The van der Waals surface area contributed by atoms with Crippen molar-refractivity contribution in [2.24, 2.45) is 5.92 Å². The number of methoxy groups -OCH3 is 1. The summed E-state index contributed by atoms with van der Waals surface area (Å²) >= 11 is 1.66. The fourth-order valence-corrected chi connectivity index (χ4v) is 3.01. The summed E-state index contributed by atoms with van der Waals surface area (Å²) in [6.45, 7) is 2.48. The Bertz CT molecular complexity index is 713. The minimum absolute atomic E-state index is 0.00279. The summed E-state index contributed by atoms with van der Waals surface area (Å²) in [5, 5.41) is 11.5. The topological polar surface area (TPSA) is 88.8 Å². The van der Waals surface area contributed by atoms with E-state index in [-0.39, 0.29) is 17.4 Å². The lowest BCUT2D eigenvalue weighted by Crippen LogP contribution is -2.28. The zero-order valence-electron chi connectivity index (χ0n) is 13.4. The molecule has 0 saturated carbocycles. The van der Waals surface area contributed by atoms with Crippen LogP contribution in [0.5, 0.6) is 5.75 Å². The molecule has 0 aliphatic rings. The van der Waals surface area contributed by atoms with Gasteiger partial charge in [0.15, 0.2) is 5.76 Å².